The summed E-state index contributed by atoms with van der Waals surface area (Å²) < 4.78 is 47.3. The standard InChI is InChI=1S/C52H48O8P2/c1-53-35-21-36(54-2)26-43(25-35)61(44-27-37(55-3)22-38(28-44)56-4)49-19-17-33-13-9-11-15-47(33)51(49)52-48-16-12-10-14-34(48)18-20-50(52)62(45-29-39(57-5)23-40(30-45)58-6)46-31-41(59-7)24-42(32-46)60-8/h9-32H,1-8H3. The topological polar surface area (TPSA) is 73.8 Å². The first-order valence-electron chi connectivity index (χ1n) is 19.9. The Balaban J connectivity index is 1.56. The Morgan fingerprint density at radius 3 is 0.758 bits per heavy atom. The molecule has 8 rings (SSSR count). The van der Waals surface area contributed by atoms with Crippen molar-refractivity contribution in [1.82, 2.24) is 0 Å². The molecule has 8 aromatic rings. The molecular formula is C52H48O8P2. The minimum absolute atomic E-state index is 0.692. The predicted octanol–water partition coefficient (Wildman–Crippen LogP) is 9.25. The van der Waals surface area contributed by atoms with Crippen molar-refractivity contribution in [3.8, 4) is 57.1 Å². The largest absolute Gasteiger partial charge is 0.497 e. The van der Waals surface area contributed by atoms with E-state index in [-0.39, 0.29) is 0 Å². The van der Waals surface area contributed by atoms with Gasteiger partial charge in [-0.3, -0.25) is 0 Å². The van der Waals surface area contributed by atoms with Crippen LogP contribution in [-0.4, -0.2) is 56.9 Å². The first-order chi connectivity index (χ1) is 30.3. The van der Waals surface area contributed by atoms with Gasteiger partial charge in [0.25, 0.3) is 0 Å². The first kappa shape index (κ1) is 42.2. The summed E-state index contributed by atoms with van der Waals surface area (Å²) in [4.78, 5) is 0. The summed E-state index contributed by atoms with van der Waals surface area (Å²) in [7, 11) is 10.7. The van der Waals surface area contributed by atoms with Gasteiger partial charge in [0, 0.05) is 24.3 Å². The van der Waals surface area contributed by atoms with Crippen LogP contribution in [0.1, 0.15) is 0 Å². The quantitative estimate of drug-likeness (QED) is 0.0946. The molecule has 0 radical (unpaired) electrons. The predicted molar refractivity (Wildman–Crippen MR) is 257 cm³/mol. The summed E-state index contributed by atoms with van der Waals surface area (Å²) in [6.45, 7) is 0. The number of benzene rings is 8. The third kappa shape index (κ3) is 8.29. The Bertz CT molecular complexity index is 2500. The van der Waals surface area contributed by atoms with Gasteiger partial charge >= 0.3 is 0 Å². The van der Waals surface area contributed by atoms with Crippen LogP contribution < -0.4 is 69.7 Å². The third-order valence-corrected chi connectivity index (χ3v) is 15.7. The van der Waals surface area contributed by atoms with Crippen molar-refractivity contribution in [2.24, 2.45) is 0 Å². The Kier molecular flexibility index (Phi) is 12.7. The molecule has 10 heteroatoms. The molecule has 0 heterocycles. The van der Waals surface area contributed by atoms with Gasteiger partial charge in [0.05, 0.1) is 56.9 Å². The lowest BCUT2D eigenvalue weighted by atomic mass is 9.93. The Morgan fingerprint density at radius 1 is 0.274 bits per heavy atom. The van der Waals surface area contributed by atoms with Gasteiger partial charge in [0.2, 0.25) is 0 Å². The van der Waals surface area contributed by atoms with Crippen LogP contribution in [-0.2, 0) is 0 Å². The second kappa shape index (κ2) is 18.7. The molecule has 0 bridgehead atoms. The Morgan fingerprint density at radius 2 is 0.516 bits per heavy atom. The highest BCUT2D eigenvalue weighted by molar-refractivity contribution is 7.81. The van der Waals surface area contributed by atoms with E-state index >= 15 is 0 Å². The van der Waals surface area contributed by atoms with Crippen LogP contribution in [0.15, 0.2) is 146 Å². The summed E-state index contributed by atoms with van der Waals surface area (Å²) in [5, 5.41) is 10.8. The molecule has 62 heavy (non-hydrogen) atoms. The highest BCUT2D eigenvalue weighted by atomic mass is 31.1. The maximum atomic E-state index is 5.92. The molecule has 0 atom stereocenters. The molecule has 0 saturated carbocycles. The van der Waals surface area contributed by atoms with Gasteiger partial charge in [-0.2, -0.15) is 0 Å². The van der Waals surface area contributed by atoms with Gasteiger partial charge in [-0.05, 0) is 129 Å². The molecule has 0 unspecified atom stereocenters. The molecule has 0 aliphatic carbocycles. The lowest BCUT2D eigenvalue weighted by Gasteiger charge is -2.29. The zero-order valence-corrected chi connectivity index (χ0v) is 37.8. The van der Waals surface area contributed by atoms with Crippen LogP contribution in [0.25, 0.3) is 32.7 Å². The summed E-state index contributed by atoms with van der Waals surface area (Å²) in [5.41, 5.74) is 2.23. The number of hydrogen-bond donors (Lipinski definition) is 0. The molecule has 0 aliphatic rings. The van der Waals surface area contributed by atoms with Gasteiger partial charge in [0.1, 0.15) is 46.0 Å². The van der Waals surface area contributed by atoms with E-state index in [9.17, 15) is 0 Å². The molecule has 0 aliphatic heterocycles. The van der Waals surface area contributed by atoms with Crippen LogP contribution in [0.4, 0.5) is 0 Å². The number of ether oxygens (including phenoxy) is 8. The van der Waals surface area contributed by atoms with E-state index in [4.69, 9.17) is 37.9 Å². The number of methoxy groups -OCH3 is 8. The van der Waals surface area contributed by atoms with Crippen molar-refractivity contribution in [3.05, 3.63) is 146 Å². The van der Waals surface area contributed by atoms with Crippen molar-refractivity contribution < 1.29 is 37.9 Å². The molecule has 0 spiro atoms. The summed E-state index contributed by atoms with van der Waals surface area (Å²) in [6, 6.07) is 50.8. The van der Waals surface area contributed by atoms with Gasteiger partial charge in [-0.25, -0.2) is 0 Å². The summed E-state index contributed by atoms with van der Waals surface area (Å²) in [5.74, 6) is 5.54. The Hall–Kier alpha value is -6.46. The fraction of sp³-hybridized carbons (Fsp3) is 0.154. The second-order valence-corrected chi connectivity index (χ2v) is 18.7. The minimum atomic E-state index is -1.37. The van der Waals surface area contributed by atoms with E-state index in [0.717, 1.165) is 64.5 Å². The van der Waals surface area contributed by atoms with E-state index in [1.165, 1.54) is 0 Å². The molecule has 0 aromatic heterocycles. The molecule has 0 fully saturated rings. The van der Waals surface area contributed by atoms with Gasteiger partial charge < -0.3 is 37.9 Å². The van der Waals surface area contributed by atoms with Crippen LogP contribution in [0, 0.1) is 0 Å². The third-order valence-electron chi connectivity index (χ3n) is 10.9. The molecule has 0 N–H and O–H groups in total. The van der Waals surface area contributed by atoms with Gasteiger partial charge in [-0.1, -0.05) is 72.8 Å². The van der Waals surface area contributed by atoms with Crippen molar-refractivity contribution in [1.29, 1.82) is 0 Å². The molecule has 0 amide bonds. The first-order valence-corrected chi connectivity index (χ1v) is 22.6. The van der Waals surface area contributed by atoms with E-state index in [1.54, 1.807) is 56.9 Å². The molecule has 0 saturated heterocycles. The lowest BCUT2D eigenvalue weighted by molar-refractivity contribution is 0.394. The average molecular weight is 863 g/mol. The van der Waals surface area contributed by atoms with E-state index < -0.39 is 15.8 Å². The van der Waals surface area contributed by atoms with Crippen molar-refractivity contribution in [3.63, 3.8) is 0 Å². The number of hydrogen-bond acceptors (Lipinski definition) is 8. The second-order valence-electron chi connectivity index (χ2n) is 14.3. The summed E-state index contributed by atoms with van der Waals surface area (Å²) in [6.07, 6.45) is 0. The van der Waals surface area contributed by atoms with Crippen molar-refractivity contribution >= 4 is 69.2 Å². The van der Waals surface area contributed by atoms with Gasteiger partial charge in [0.15, 0.2) is 0 Å². The smallest absolute Gasteiger partial charge is 0.123 e. The highest BCUT2D eigenvalue weighted by Gasteiger charge is 2.30. The summed E-state index contributed by atoms with van der Waals surface area (Å²) >= 11 is 0. The van der Waals surface area contributed by atoms with Crippen LogP contribution in [0.3, 0.4) is 0 Å². The van der Waals surface area contributed by atoms with E-state index in [1.807, 2.05) is 24.3 Å². The Labute approximate surface area is 365 Å². The van der Waals surface area contributed by atoms with Crippen molar-refractivity contribution in [2.75, 3.05) is 56.9 Å². The zero-order chi connectivity index (χ0) is 43.3. The number of fused-ring (bicyclic) bond motifs is 2. The monoisotopic (exact) mass is 862 g/mol. The van der Waals surface area contributed by atoms with Crippen LogP contribution in [0.2, 0.25) is 0 Å². The van der Waals surface area contributed by atoms with E-state index in [0.29, 0.717) is 46.0 Å². The normalized spacial score (nSPS) is 11.2. The fourth-order valence-electron chi connectivity index (χ4n) is 7.96. The van der Waals surface area contributed by atoms with Gasteiger partial charge in [-0.15, -0.1) is 0 Å². The molecular weight excluding hydrogens is 815 g/mol. The fourth-order valence-corrected chi connectivity index (χ4v) is 13.1. The SMILES string of the molecule is COc1cc(OC)cc(P(c2cc(OC)cc(OC)c2)c2ccc3ccccc3c2-c2c(P(c3cc(OC)cc(OC)c3)c3cc(OC)cc(OC)c3)ccc3ccccc23)c1. The molecule has 8 nitrogen and oxygen atoms in total. The highest BCUT2D eigenvalue weighted by Crippen LogP contribution is 2.48. The molecule has 8 aromatic carbocycles. The average Bonchev–Trinajstić information content (AvgIpc) is 3.33. The maximum absolute atomic E-state index is 5.92. The zero-order valence-electron chi connectivity index (χ0n) is 36.0. The van der Waals surface area contributed by atoms with Crippen LogP contribution >= 0.6 is 15.8 Å². The van der Waals surface area contributed by atoms with Crippen LogP contribution in [0.5, 0.6) is 46.0 Å². The minimum Gasteiger partial charge on any atom is -0.497 e. The molecule has 314 valence electrons. The van der Waals surface area contributed by atoms with Crippen molar-refractivity contribution in [2.45, 2.75) is 0 Å². The lowest BCUT2D eigenvalue weighted by Crippen LogP contribution is -2.27. The number of rotatable bonds is 15. The van der Waals surface area contributed by atoms with E-state index in [2.05, 4.69) is 121 Å². The maximum Gasteiger partial charge on any atom is 0.123 e.